The molecule has 4 rings (SSSR count). The molecular weight excluding hydrogens is 229 g/mol. The molecule has 0 saturated carbocycles. The second-order valence-corrected chi connectivity index (χ2v) is 5.64. The van der Waals surface area contributed by atoms with E-state index in [1.54, 1.807) is 23.1 Å². The molecule has 0 spiro atoms. The van der Waals surface area contributed by atoms with Gasteiger partial charge in [0.15, 0.2) is 5.78 Å². The Balaban J connectivity index is 1.70. The molecule has 96 valence electrons. The molecule has 1 N–H and O–H groups in total. The second-order valence-electron chi connectivity index (χ2n) is 5.64. The minimum Gasteiger partial charge on any atom is -0.332 e. The maximum Gasteiger partial charge on any atom is 0.171 e. The van der Waals surface area contributed by atoms with Crippen LogP contribution in [0.25, 0.3) is 0 Å². The Morgan fingerprint density at radius 1 is 1.28 bits per heavy atom. The average Bonchev–Trinajstić information content (AvgIpc) is 2.40. The summed E-state index contributed by atoms with van der Waals surface area (Å²) in [6, 6.07) is 6.75. The predicted molar refractivity (Wildman–Crippen MR) is 67.2 cm³/mol. The molecule has 18 heavy (non-hydrogen) atoms. The minimum absolute atomic E-state index is 0.0295. The number of benzene rings is 1. The van der Waals surface area contributed by atoms with Gasteiger partial charge in [-0.1, -0.05) is 12.1 Å². The monoisotopic (exact) mass is 248 g/mol. The van der Waals surface area contributed by atoms with Crippen LogP contribution in [0.5, 0.6) is 0 Å². The maximum atomic E-state index is 13.6. The lowest BCUT2D eigenvalue weighted by Gasteiger charge is -2.42. The first-order valence-electron chi connectivity index (χ1n) is 6.86. The molecule has 3 saturated heterocycles. The highest BCUT2D eigenvalue weighted by Gasteiger charge is 2.38. The molecule has 3 aliphatic heterocycles. The van der Waals surface area contributed by atoms with Gasteiger partial charge >= 0.3 is 0 Å². The zero-order valence-corrected chi connectivity index (χ0v) is 10.5. The zero-order chi connectivity index (χ0) is 12.5. The van der Waals surface area contributed by atoms with Gasteiger partial charge in [0.2, 0.25) is 0 Å². The molecule has 3 aliphatic rings. The second kappa shape index (κ2) is 4.81. The summed E-state index contributed by atoms with van der Waals surface area (Å²) in [5, 5.41) is 0. The number of quaternary nitrogens is 1. The Hall–Kier alpha value is -1.22. The van der Waals surface area contributed by atoms with Crippen molar-refractivity contribution in [2.75, 3.05) is 13.1 Å². The van der Waals surface area contributed by atoms with Gasteiger partial charge in [0.25, 0.3) is 0 Å². The molecule has 1 unspecified atom stereocenters. The molecule has 1 aromatic carbocycles. The molecule has 2 nitrogen and oxygen atoms in total. The van der Waals surface area contributed by atoms with Crippen LogP contribution in [0.3, 0.4) is 0 Å². The van der Waals surface area contributed by atoms with Crippen LogP contribution in [0.15, 0.2) is 24.3 Å². The van der Waals surface area contributed by atoms with Crippen LogP contribution in [-0.2, 0) is 0 Å². The topological polar surface area (TPSA) is 21.5 Å². The molecule has 2 bridgehead atoms. The molecule has 1 aromatic rings. The fourth-order valence-corrected chi connectivity index (χ4v) is 3.51. The number of fused-ring (bicyclic) bond motifs is 3. The third-order valence-corrected chi connectivity index (χ3v) is 4.55. The number of Topliss-reactive ketones (excluding diaryl/α,β-unsaturated/α-hetero) is 1. The highest BCUT2D eigenvalue weighted by molar-refractivity contribution is 5.96. The van der Waals surface area contributed by atoms with Gasteiger partial charge in [-0.3, -0.25) is 4.79 Å². The molecule has 0 aromatic heterocycles. The first-order valence-corrected chi connectivity index (χ1v) is 6.86. The number of ketones is 1. The van der Waals surface area contributed by atoms with Crippen molar-refractivity contribution >= 4 is 5.78 Å². The van der Waals surface area contributed by atoms with E-state index in [1.807, 2.05) is 0 Å². The summed E-state index contributed by atoms with van der Waals surface area (Å²) in [6.45, 7) is 2.39. The Morgan fingerprint density at radius 3 is 2.61 bits per heavy atom. The van der Waals surface area contributed by atoms with E-state index in [0.29, 0.717) is 12.5 Å². The van der Waals surface area contributed by atoms with E-state index >= 15 is 0 Å². The van der Waals surface area contributed by atoms with Crippen molar-refractivity contribution < 1.29 is 14.1 Å². The average molecular weight is 248 g/mol. The van der Waals surface area contributed by atoms with E-state index in [9.17, 15) is 9.18 Å². The standard InChI is InChI=1S/C15H18FNO/c16-14-4-2-1-3-13(14)15(18)10-12-9-11-5-7-17(12)8-6-11/h1-4,11-12H,5-10H2/p+1. The van der Waals surface area contributed by atoms with E-state index in [-0.39, 0.29) is 17.2 Å². The van der Waals surface area contributed by atoms with Gasteiger partial charge in [0.1, 0.15) is 5.82 Å². The largest absolute Gasteiger partial charge is 0.332 e. The van der Waals surface area contributed by atoms with Crippen molar-refractivity contribution in [2.45, 2.75) is 31.7 Å². The molecule has 3 fully saturated rings. The van der Waals surface area contributed by atoms with E-state index < -0.39 is 0 Å². The van der Waals surface area contributed by atoms with Crippen LogP contribution in [-0.4, -0.2) is 24.9 Å². The van der Waals surface area contributed by atoms with Crippen molar-refractivity contribution in [2.24, 2.45) is 5.92 Å². The Labute approximate surface area is 107 Å². The molecule has 0 radical (unpaired) electrons. The maximum absolute atomic E-state index is 13.6. The lowest BCUT2D eigenvalue weighted by Crippen LogP contribution is -3.18. The van der Waals surface area contributed by atoms with Crippen LogP contribution in [0.2, 0.25) is 0 Å². The van der Waals surface area contributed by atoms with E-state index in [0.717, 1.165) is 12.3 Å². The van der Waals surface area contributed by atoms with Gasteiger partial charge in [-0.2, -0.15) is 0 Å². The van der Waals surface area contributed by atoms with Crippen molar-refractivity contribution in [1.29, 1.82) is 0 Å². The van der Waals surface area contributed by atoms with Crippen molar-refractivity contribution in [3.63, 3.8) is 0 Å². The highest BCUT2D eigenvalue weighted by atomic mass is 19.1. The third-order valence-electron chi connectivity index (χ3n) is 4.55. The normalized spacial score (nSPS) is 30.4. The number of nitrogens with one attached hydrogen (secondary N) is 1. The van der Waals surface area contributed by atoms with E-state index in [4.69, 9.17) is 0 Å². The van der Waals surface area contributed by atoms with Crippen molar-refractivity contribution in [3.05, 3.63) is 35.6 Å². The smallest absolute Gasteiger partial charge is 0.171 e. The minimum atomic E-state index is -0.381. The number of halogens is 1. The molecular formula is C15H19FNO+. The molecule has 0 amide bonds. The zero-order valence-electron chi connectivity index (χ0n) is 10.5. The number of hydrogen-bond acceptors (Lipinski definition) is 1. The first kappa shape index (κ1) is 11.8. The first-order chi connectivity index (χ1) is 8.74. The Bertz CT molecular complexity index is 452. The lowest BCUT2D eigenvalue weighted by atomic mass is 9.81. The highest BCUT2D eigenvalue weighted by Crippen LogP contribution is 2.23. The summed E-state index contributed by atoms with van der Waals surface area (Å²) < 4.78 is 13.6. The summed E-state index contributed by atoms with van der Waals surface area (Å²) in [6.07, 6.45) is 4.27. The molecule has 1 atom stereocenters. The summed E-state index contributed by atoms with van der Waals surface area (Å²) in [5.74, 6) is 0.396. The van der Waals surface area contributed by atoms with Gasteiger partial charge in [-0.25, -0.2) is 4.39 Å². The van der Waals surface area contributed by atoms with Crippen LogP contribution < -0.4 is 4.90 Å². The van der Waals surface area contributed by atoms with E-state index in [1.165, 1.54) is 32.0 Å². The van der Waals surface area contributed by atoms with Gasteiger partial charge in [0, 0.05) is 6.42 Å². The quantitative estimate of drug-likeness (QED) is 0.804. The number of carbonyl (C=O) groups is 1. The third kappa shape index (κ3) is 2.19. The lowest BCUT2D eigenvalue weighted by molar-refractivity contribution is -0.941. The molecule has 3 heterocycles. The fraction of sp³-hybridized carbons (Fsp3) is 0.533. The predicted octanol–water partition coefficient (Wildman–Crippen LogP) is 1.47. The number of piperidine rings is 3. The van der Waals surface area contributed by atoms with Crippen LogP contribution in [0.1, 0.15) is 36.0 Å². The van der Waals surface area contributed by atoms with Crippen molar-refractivity contribution in [1.82, 2.24) is 0 Å². The number of rotatable bonds is 3. The van der Waals surface area contributed by atoms with Gasteiger partial charge in [-0.05, 0) is 30.9 Å². The molecule has 3 heteroatoms. The van der Waals surface area contributed by atoms with Crippen LogP contribution in [0, 0.1) is 11.7 Å². The Morgan fingerprint density at radius 2 is 2.00 bits per heavy atom. The van der Waals surface area contributed by atoms with Crippen LogP contribution in [0.4, 0.5) is 4.39 Å². The van der Waals surface area contributed by atoms with Crippen LogP contribution >= 0.6 is 0 Å². The van der Waals surface area contributed by atoms with Gasteiger partial charge in [0.05, 0.1) is 31.1 Å². The fourth-order valence-electron chi connectivity index (χ4n) is 3.51. The summed E-state index contributed by atoms with van der Waals surface area (Å²) in [5.41, 5.74) is 0.263. The summed E-state index contributed by atoms with van der Waals surface area (Å²) in [4.78, 5) is 13.7. The SMILES string of the molecule is O=C(CC1CC2CC[NH+]1CC2)c1ccccc1F. The summed E-state index contributed by atoms with van der Waals surface area (Å²) in [7, 11) is 0. The Kier molecular flexibility index (Phi) is 3.16. The van der Waals surface area contributed by atoms with Gasteiger partial charge < -0.3 is 4.90 Å². The molecule has 0 aliphatic carbocycles. The van der Waals surface area contributed by atoms with Crippen molar-refractivity contribution in [3.8, 4) is 0 Å². The number of hydrogen-bond donors (Lipinski definition) is 1. The van der Waals surface area contributed by atoms with E-state index in [2.05, 4.69) is 0 Å². The summed E-state index contributed by atoms with van der Waals surface area (Å²) >= 11 is 0. The van der Waals surface area contributed by atoms with Gasteiger partial charge in [-0.15, -0.1) is 0 Å². The number of carbonyl (C=O) groups excluding carboxylic acids is 1.